The predicted molar refractivity (Wildman–Crippen MR) is 122 cm³/mol. The standard InChI is InChI=1S/C24H32N4O2/c1-18(2)21-12-8-9-19(3)23(21)25-24(30)28-15-13-27(14-16-28)17-22(29)26(4)20-10-6-5-7-11-20/h5-12,18H,13-17H2,1-4H3,(H,25,30). The number of carbonyl (C=O) groups is 2. The first-order chi connectivity index (χ1) is 14.4. The molecule has 0 aromatic heterocycles. The maximum absolute atomic E-state index is 12.8. The second kappa shape index (κ2) is 9.76. The number of aryl methyl sites for hydroxylation is 1. The first kappa shape index (κ1) is 21.8. The normalized spacial score (nSPS) is 14.6. The molecule has 2 aromatic carbocycles. The van der Waals surface area contributed by atoms with Crippen molar-refractivity contribution in [1.29, 1.82) is 0 Å². The van der Waals surface area contributed by atoms with Gasteiger partial charge in [-0.25, -0.2) is 4.79 Å². The summed E-state index contributed by atoms with van der Waals surface area (Å²) in [5.74, 6) is 0.394. The van der Waals surface area contributed by atoms with Gasteiger partial charge in [0.2, 0.25) is 5.91 Å². The molecule has 0 bridgehead atoms. The lowest BCUT2D eigenvalue weighted by atomic mass is 9.98. The Morgan fingerprint density at radius 2 is 1.67 bits per heavy atom. The van der Waals surface area contributed by atoms with Gasteiger partial charge in [0.25, 0.3) is 0 Å². The lowest BCUT2D eigenvalue weighted by Crippen LogP contribution is -2.52. The van der Waals surface area contributed by atoms with Crippen LogP contribution in [0.2, 0.25) is 0 Å². The number of carbonyl (C=O) groups excluding carboxylic acids is 2. The van der Waals surface area contributed by atoms with E-state index in [9.17, 15) is 9.59 Å². The highest BCUT2D eigenvalue weighted by Gasteiger charge is 2.24. The summed E-state index contributed by atoms with van der Waals surface area (Å²) in [6.45, 7) is 9.23. The Morgan fingerprint density at radius 1 is 1.00 bits per heavy atom. The molecule has 1 aliphatic rings. The second-order valence-electron chi connectivity index (χ2n) is 8.18. The molecule has 160 valence electrons. The molecule has 0 spiro atoms. The van der Waals surface area contributed by atoms with Gasteiger partial charge in [0, 0.05) is 44.6 Å². The van der Waals surface area contributed by atoms with E-state index in [2.05, 4.69) is 30.1 Å². The van der Waals surface area contributed by atoms with Gasteiger partial charge in [-0.3, -0.25) is 9.69 Å². The molecule has 1 N–H and O–H groups in total. The van der Waals surface area contributed by atoms with Crippen LogP contribution in [0.4, 0.5) is 16.2 Å². The molecule has 6 heteroatoms. The number of nitrogens with zero attached hydrogens (tertiary/aromatic N) is 3. The molecular weight excluding hydrogens is 376 g/mol. The fraction of sp³-hybridized carbons (Fsp3) is 0.417. The molecule has 0 saturated carbocycles. The van der Waals surface area contributed by atoms with Gasteiger partial charge in [-0.05, 0) is 36.1 Å². The Hall–Kier alpha value is -2.86. The van der Waals surface area contributed by atoms with E-state index in [-0.39, 0.29) is 11.9 Å². The van der Waals surface area contributed by atoms with E-state index in [0.29, 0.717) is 38.6 Å². The van der Waals surface area contributed by atoms with Gasteiger partial charge < -0.3 is 15.1 Å². The van der Waals surface area contributed by atoms with E-state index in [1.54, 1.807) is 11.9 Å². The van der Waals surface area contributed by atoms with Crippen LogP contribution in [0.1, 0.15) is 30.9 Å². The largest absolute Gasteiger partial charge is 0.322 e. The molecule has 1 fully saturated rings. The smallest absolute Gasteiger partial charge is 0.321 e. The van der Waals surface area contributed by atoms with Crippen LogP contribution in [0.15, 0.2) is 48.5 Å². The minimum atomic E-state index is -0.0708. The molecule has 2 aromatic rings. The van der Waals surface area contributed by atoms with Crippen LogP contribution in [0, 0.1) is 6.92 Å². The van der Waals surface area contributed by atoms with Gasteiger partial charge >= 0.3 is 6.03 Å². The summed E-state index contributed by atoms with van der Waals surface area (Å²) in [5, 5.41) is 3.12. The minimum absolute atomic E-state index is 0.0561. The Morgan fingerprint density at radius 3 is 2.30 bits per heavy atom. The Bertz CT molecular complexity index is 874. The van der Waals surface area contributed by atoms with Gasteiger partial charge in [-0.1, -0.05) is 50.2 Å². The monoisotopic (exact) mass is 408 g/mol. The maximum Gasteiger partial charge on any atom is 0.321 e. The van der Waals surface area contributed by atoms with Crippen LogP contribution >= 0.6 is 0 Å². The molecule has 0 radical (unpaired) electrons. The lowest BCUT2D eigenvalue weighted by Gasteiger charge is -2.35. The van der Waals surface area contributed by atoms with Crippen LogP contribution < -0.4 is 10.2 Å². The van der Waals surface area contributed by atoms with Crippen LogP contribution in [-0.4, -0.2) is 61.5 Å². The van der Waals surface area contributed by atoms with Crippen molar-refractivity contribution >= 4 is 23.3 Å². The van der Waals surface area contributed by atoms with E-state index in [1.165, 1.54) is 0 Å². The zero-order valence-electron chi connectivity index (χ0n) is 18.4. The van der Waals surface area contributed by atoms with Crippen molar-refractivity contribution in [3.63, 3.8) is 0 Å². The lowest BCUT2D eigenvalue weighted by molar-refractivity contribution is -0.119. The Kier molecular flexibility index (Phi) is 7.11. The molecule has 30 heavy (non-hydrogen) atoms. The van der Waals surface area contributed by atoms with Crippen molar-refractivity contribution < 1.29 is 9.59 Å². The van der Waals surface area contributed by atoms with Gasteiger partial charge in [-0.15, -0.1) is 0 Å². The molecule has 0 unspecified atom stereocenters. The van der Waals surface area contributed by atoms with Crippen LogP contribution in [0.3, 0.4) is 0 Å². The molecule has 6 nitrogen and oxygen atoms in total. The molecule has 1 heterocycles. The van der Waals surface area contributed by atoms with Gasteiger partial charge in [0.05, 0.1) is 6.54 Å². The fourth-order valence-electron chi connectivity index (χ4n) is 3.73. The number of anilines is 2. The van der Waals surface area contributed by atoms with Gasteiger partial charge in [0.15, 0.2) is 0 Å². The van der Waals surface area contributed by atoms with Crippen molar-refractivity contribution in [3.8, 4) is 0 Å². The molecule has 3 amide bonds. The highest BCUT2D eigenvalue weighted by Crippen LogP contribution is 2.27. The Labute approximate surface area is 179 Å². The number of hydrogen-bond donors (Lipinski definition) is 1. The van der Waals surface area contributed by atoms with Crippen LogP contribution in [0.25, 0.3) is 0 Å². The fourth-order valence-corrected chi connectivity index (χ4v) is 3.73. The summed E-state index contributed by atoms with van der Waals surface area (Å²) in [7, 11) is 1.80. The summed E-state index contributed by atoms with van der Waals surface area (Å²) in [6.07, 6.45) is 0. The molecule has 3 rings (SSSR count). The third kappa shape index (κ3) is 5.19. The van der Waals surface area contributed by atoms with Gasteiger partial charge in [0.1, 0.15) is 0 Å². The number of amides is 3. The number of hydrogen-bond acceptors (Lipinski definition) is 3. The number of benzene rings is 2. The van der Waals surface area contributed by atoms with Crippen molar-refractivity contribution in [2.75, 3.05) is 50.0 Å². The Balaban J connectivity index is 1.53. The first-order valence-corrected chi connectivity index (χ1v) is 10.6. The van der Waals surface area contributed by atoms with Crippen molar-refractivity contribution in [2.45, 2.75) is 26.7 Å². The van der Waals surface area contributed by atoms with E-state index < -0.39 is 0 Å². The first-order valence-electron chi connectivity index (χ1n) is 10.6. The number of piperazine rings is 1. The predicted octanol–water partition coefficient (Wildman–Crippen LogP) is 3.93. The minimum Gasteiger partial charge on any atom is -0.322 e. The topological polar surface area (TPSA) is 55.9 Å². The highest BCUT2D eigenvalue weighted by atomic mass is 16.2. The average molecular weight is 409 g/mol. The average Bonchev–Trinajstić information content (AvgIpc) is 2.75. The number of urea groups is 1. The third-order valence-electron chi connectivity index (χ3n) is 5.69. The number of rotatable bonds is 5. The SMILES string of the molecule is Cc1cccc(C(C)C)c1NC(=O)N1CCN(CC(=O)N(C)c2ccccc2)CC1. The summed E-state index contributed by atoms with van der Waals surface area (Å²) >= 11 is 0. The maximum atomic E-state index is 12.8. The number of para-hydroxylation sites is 2. The second-order valence-corrected chi connectivity index (χ2v) is 8.18. The zero-order valence-corrected chi connectivity index (χ0v) is 18.4. The quantitative estimate of drug-likeness (QED) is 0.816. The van der Waals surface area contributed by atoms with Crippen LogP contribution in [-0.2, 0) is 4.79 Å². The van der Waals surface area contributed by atoms with E-state index in [1.807, 2.05) is 54.3 Å². The third-order valence-corrected chi connectivity index (χ3v) is 5.69. The molecule has 0 aliphatic carbocycles. The van der Waals surface area contributed by atoms with Crippen molar-refractivity contribution in [2.24, 2.45) is 0 Å². The summed E-state index contributed by atoms with van der Waals surface area (Å²) in [4.78, 5) is 31.1. The zero-order chi connectivity index (χ0) is 21.7. The van der Waals surface area contributed by atoms with E-state index in [0.717, 1.165) is 22.5 Å². The summed E-state index contributed by atoms with van der Waals surface area (Å²) in [5.41, 5.74) is 4.03. The van der Waals surface area contributed by atoms with Crippen molar-refractivity contribution in [1.82, 2.24) is 9.80 Å². The highest BCUT2D eigenvalue weighted by molar-refractivity contribution is 5.94. The summed E-state index contributed by atoms with van der Waals surface area (Å²) in [6, 6.07) is 15.7. The molecule has 1 aliphatic heterocycles. The number of nitrogens with one attached hydrogen (secondary N) is 1. The number of likely N-dealkylation sites (N-methyl/N-ethyl adjacent to an activating group) is 1. The van der Waals surface area contributed by atoms with Gasteiger partial charge in [-0.2, -0.15) is 0 Å². The molecule has 0 atom stereocenters. The van der Waals surface area contributed by atoms with E-state index >= 15 is 0 Å². The summed E-state index contributed by atoms with van der Waals surface area (Å²) < 4.78 is 0. The van der Waals surface area contributed by atoms with Crippen LogP contribution in [0.5, 0.6) is 0 Å². The molecular formula is C24H32N4O2. The van der Waals surface area contributed by atoms with Crippen molar-refractivity contribution in [3.05, 3.63) is 59.7 Å². The van der Waals surface area contributed by atoms with E-state index in [4.69, 9.17) is 0 Å². The molecule has 1 saturated heterocycles.